The number of carbonyl (C=O) groups is 2. The van der Waals surface area contributed by atoms with E-state index in [4.69, 9.17) is 33.5 Å². The molecule has 2 N–H and O–H groups in total. The fraction of sp³-hybridized carbons (Fsp3) is 0.400. The van der Waals surface area contributed by atoms with Crippen LogP contribution in [0.15, 0.2) is 42.7 Å². The SMILES string of the molecule is CCOC(=O)c1ccccc1COP1(=O)OC[C@H]2O[C@@](C#N)(c3ccc4c(N)ncnn34)[C@H](OC(=O)CC)[C@@H]2O1. The molecular weight excluding hydrogens is 545 g/mol. The number of aromatic nitrogens is 3. The van der Waals surface area contributed by atoms with Gasteiger partial charge in [-0.15, -0.1) is 0 Å². The quantitative estimate of drug-likeness (QED) is 0.307. The van der Waals surface area contributed by atoms with Gasteiger partial charge in [-0.25, -0.2) is 18.9 Å². The summed E-state index contributed by atoms with van der Waals surface area (Å²) in [6.07, 6.45) is -2.34. The van der Waals surface area contributed by atoms with Gasteiger partial charge in [-0.1, -0.05) is 25.1 Å². The van der Waals surface area contributed by atoms with Gasteiger partial charge in [-0.3, -0.25) is 18.4 Å². The normalized spacial score (nSPS) is 27.6. The zero-order valence-electron chi connectivity index (χ0n) is 21.6. The van der Waals surface area contributed by atoms with E-state index in [2.05, 4.69) is 16.2 Å². The molecule has 2 aromatic heterocycles. The van der Waals surface area contributed by atoms with Gasteiger partial charge in [0, 0.05) is 6.42 Å². The molecule has 210 valence electrons. The molecular formula is C25H26N5O9P. The van der Waals surface area contributed by atoms with Crippen LogP contribution in [-0.4, -0.2) is 58.1 Å². The topological polar surface area (TPSA) is 187 Å². The Balaban J connectivity index is 1.45. The molecule has 1 aromatic carbocycles. The monoisotopic (exact) mass is 571 g/mol. The summed E-state index contributed by atoms with van der Waals surface area (Å²) in [6, 6.07) is 11.8. The summed E-state index contributed by atoms with van der Waals surface area (Å²) in [5, 5.41) is 14.6. The van der Waals surface area contributed by atoms with Crippen LogP contribution in [-0.2, 0) is 49.3 Å². The molecule has 0 radical (unpaired) electrons. The zero-order chi connectivity index (χ0) is 28.5. The molecule has 0 spiro atoms. The molecule has 2 aliphatic rings. The van der Waals surface area contributed by atoms with Crippen LogP contribution in [0, 0.1) is 11.3 Å². The van der Waals surface area contributed by atoms with E-state index in [1.807, 2.05) is 0 Å². The molecule has 15 heteroatoms. The minimum atomic E-state index is -4.29. The van der Waals surface area contributed by atoms with E-state index in [1.165, 1.54) is 10.8 Å². The van der Waals surface area contributed by atoms with Crippen molar-refractivity contribution in [1.29, 1.82) is 5.26 Å². The maximum atomic E-state index is 13.6. The van der Waals surface area contributed by atoms with Crippen molar-refractivity contribution in [3.05, 3.63) is 59.5 Å². The van der Waals surface area contributed by atoms with E-state index in [0.717, 1.165) is 0 Å². The first-order valence-electron chi connectivity index (χ1n) is 12.4. The molecule has 0 saturated carbocycles. The number of rotatable bonds is 8. The number of hydrogen-bond acceptors (Lipinski definition) is 13. The minimum absolute atomic E-state index is 0.00524. The number of carbonyl (C=O) groups excluding carboxylic acids is 2. The number of phosphoric acid groups is 1. The molecule has 5 atom stereocenters. The number of benzene rings is 1. The highest BCUT2D eigenvalue weighted by Crippen LogP contribution is 2.59. The Hall–Kier alpha value is -3.86. The van der Waals surface area contributed by atoms with Crippen LogP contribution in [0.5, 0.6) is 0 Å². The Morgan fingerprint density at radius 2 is 2.08 bits per heavy atom. The highest BCUT2D eigenvalue weighted by Gasteiger charge is 2.64. The highest BCUT2D eigenvalue weighted by atomic mass is 31.2. The second kappa shape index (κ2) is 11.0. The average molecular weight is 571 g/mol. The lowest BCUT2D eigenvalue weighted by atomic mass is 9.92. The molecule has 2 fully saturated rings. The van der Waals surface area contributed by atoms with Crippen molar-refractivity contribution >= 4 is 31.1 Å². The molecule has 14 nitrogen and oxygen atoms in total. The van der Waals surface area contributed by atoms with Gasteiger partial charge >= 0.3 is 19.8 Å². The summed E-state index contributed by atoms with van der Waals surface area (Å²) >= 11 is 0. The molecule has 2 saturated heterocycles. The molecule has 0 bridgehead atoms. The van der Waals surface area contributed by atoms with Gasteiger partial charge in [0.1, 0.15) is 30.1 Å². The van der Waals surface area contributed by atoms with Gasteiger partial charge in [0.2, 0.25) is 5.60 Å². The third-order valence-corrected chi connectivity index (χ3v) is 7.93. The van der Waals surface area contributed by atoms with Crippen molar-refractivity contribution in [2.45, 2.75) is 50.8 Å². The Morgan fingerprint density at radius 1 is 1.27 bits per heavy atom. The van der Waals surface area contributed by atoms with Crippen molar-refractivity contribution in [1.82, 2.24) is 14.6 Å². The number of nitrogens with zero attached hydrogens (tertiary/aromatic N) is 4. The first kappa shape index (κ1) is 27.7. The number of nitrogens with two attached hydrogens (primary N) is 1. The van der Waals surface area contributed by atoms with Gasteiger partial charge in [-0.05, 0) is 30.7 Å². The van der Waals surface area contributed by atoms with Gasteiger partial charge in [0.25, 0.3) is 0 Å². The van der Waals surface area contributed by atoms with E-state index in [0.29, 0.717) is 11.1 Å². The summed E-state index contributed by atoms with van der Waals surface area (Å²) in [5.74, 6) is -1.05. The van der Waals surface area contributed by atoms with Crippen molar-refractivity contribution in [2.75, 3.05) is 18.9 Å². The number of hydrogen-bond donors (Lipinski definition) is 1. The summed E-state index contributed by atoms with van der Waals surface area (Å²) in [6.45, 7) is 2.83. The van der Waals surface area contributed by atoms with Gasteiger partial charge in [0.15, 0.2) is 11.9 Å². The maximum Gasteiger partial charge on any atom is 0.475 e. The number of fused-ring (bicyclic) bond motifs is 2. The number of esters is 2. The van der Waals surface area contributed by atoms with Crippen LogP contribution >= 0.6 is 7.82 Å². The van der Waals surface area contributed by atoms with Crippen molar-refractivity contribution in [2.24, 2.45) is 0 Å². The van der Waals surface area contributed by atoms with E-state index in [1.54, 1.807) is 50.2 Å². The van der Waals surface area contributed by atoms with Crippen LogP contribution in [0.4, 0.5) is 5.82 Å². The van der Waals surface area contributed by atoms with E-state index in [-0.39, 0.29) is 43.3 Å². The number of nitrogen functional groups attached to an aromatic ring is 1. The first-order valence-corrected chi connectivity index (χ1v) is 13.9. The maximum absolute atomic E-state index is 13.6. The average Bonchev–Trinajstić information content (AvgIpc) is 3.53. The van der Waals surface area contributed by atoms with Crippen LogP contribution in [0.1, 0.15) is 41.9 Å². The van der Waals surface area contributed by atoms with E-state index in [9.17, 15) is 19.4 Å². The van der Waals surface area contributed by atoms with Gasteiger partial charge in [-0.2, -0.15) is 10.4 Å². The van der Waals surface area contributed by atoms with Crippen molar-refractivity contribution in [3.63, 3.8) is 0 Å². The minimum Gasteiger partial charge on any atom is -0.462 e. The van der Waals surface area contributed by atoms with Crippen molar-refractivity contribution in [3.8, 4) is 6.07 Å². The predicted molar refractivity (Wildman–Crippen MR) is 135 cm³/mol. The number of phosphoric ester groups is 1. The van der Waals surface area contributed by atoms with Crippen LogP contribution in [0.25, 0.3) is 5.52 Å². The molecule has 0 amide bonds. The number of anilines is 1. The Kier molecular flexibility index (Phi) is 7.59. The van der Waals surface area contributed by atoms with Gasteiger partial charge in [0.05, 0.1) is 31.1 Å². The Labute approximate surface area is 228 Å². The van der Waals surface area contributed by atoms with Crippen LogP contribution < -0.4 is 5.73 Å². The third kappa shape index (κ3) is 4.83. The number of nitriles is 1. The predicted octanol–water partition coefficient (Wildman–Crippen LogP) is 2.67. The second-order valence-corrected chi connectivity index (χ2v) is 10.5. The lowest BCUT2D eigenvalue weighted by Crippen LogP contribution is -2.46. The fourth-order valence-corrected chi connectivity index (χ4v) is 6.00. The van der Waals surface area contributed by atoms with Gasteiger partial charge < -0.3 is 19.9 Å². The van der Waals surface area contributed by atoms with Crippen LogP contribution in [0.3, 0.4) is 0 Å². The largest absolute Gasteiger partial charge is 0.475 e. The Bertz CT molecular complexity index is 1540. The van der Waals surface area contributed by atoms with Crippen molar-refractivity contribution < 1.29 is 41.9 Å². The first-order chi connectivity index (χ1) is 19.2. The fourth-order valence-electron chi connectivity index (χ4n) is 4.63. The Morgan fingerprint density at radius 3 is 2.83 bits per heavy atom. The second-order valence-electron chi connectivity index (χ2n) is 8.89. The molecule has 0 aliphatic carbocycles. The van der Waals surface area contributed by atoms with E-state index < -0.39 is 43.7 Å². The summed E-state index contributed by atoms with van der Waals surface area (Å²) in [4.78, 5) is 28.8. The molecule has 1 unspecified atom stereocenters. The lowest BCUT2D eigenvalue weighted by Gasteiger charge is -2.32. The molecule has 5 rings (SSSR count). The molecule has 2 aliphatic heterocycles. The summed E-state index contributed by atoms with van der Waals surface area (Å²) < 4.78 is 48.7. The standard InChI is InChI=1S/C25H26N5O9P/c1-3-20(31)37-22-21-18(38-25(22,13-26)19-10-9-17-23(27)28-14-29-30(17)19)12-36-40(33,39-21)35-11-15-7-5-6-8-16(15)24(32)34-4-2/h5-10,14,18,21-22H,3-4,11-12H2,1-2H3,(H2,27,28,29)/t18-,21-,22-,25+,40?/m1/s1. The van der Waals surface area contributed by atoms with E-state index >= 15 is 0 Å². The highest BCUT2D eigenvalue weighted by molar-refractivity contribution is 7.48. The van der Waals surface area contributed by atoms with Crippen LogP contribution in [0.2, 0.25) is 0 Å². The molecule has 40 heavy (non-hydrogen) atoms. The molecule has 4 heterocycles. The zero-order valence-corrected chi connectivity index (χ0v) is 22.5. The third-order valence-electron chi connectivity index (χ3n) is 6.52. The summed E-state index contributed by atoms with van der Waals surface area (Å²) in [5.41, 5.74) is 5.26. The molecule has 3 aromatic rings. The lowest BCUT2D eigenvalue weighted by molar-refractivity contribution is -0.159. The number of ether oxygens (including phenoxy) is 3. The smallest absolute Gasteiger partial charge is 0.462 e. The summed E-state index contributed by atoms with van der Waals surface area (Å²) in [7, 11) is -4.29.